The number of benzene rings is 2. The molecule has 3 aromatic rings. The summed E-state index contributed by atoms with van der Waals surface area (Å²) < 4.78 is 11.6. The van der Waals surface area contributed by atoms with Crippen LogP contribution in [-0.2, 0) is 12.2 Å². The van der Waals surface area contributed by atoms with Gasteiger partial charge in [0.2, 0.25) is 0 Å². The van der Waals surface area contributed by atoms with Crippen molar-refractivity contribution in [3.63, 3.8) is 0 Å². The lowest BCUT2D eigenvalue weighted by atomic mass is 9.84. The molecular formula is C28H31ClN2O3. The van der Waals surface area contributed by atoms with Crippen molar-refractivity contribution in [1.29, 1.82) is 0 Å². The zero-order valence-electron chi connectivity index (χ0n) is 19.5. The molecule has 1 fully saturated rings. The van der Waals surface area contributed by atoms with Crippen LogP contribution >= 0.6 is 11.6 Å². The summed E-state index contributed by atoms with van der Waals surface area (Å²) in [6, 6.07) is 17.9. The fourth-order valence-corrected chi connectivity index (χ4v) is 5.66. The molecule has 3 heterocycles. The third-order valence-electron chi connectivity index (χ3n) is 7.28. The molecule has 2 aromatic carbocycles. The van der Waals surface area contributed by atoms with Gasteiger partial charge in [0.25, 0.3) is 0 Å². The van der Waals surface area contributed by atoms with E-state index in [-0.39, 0.29) is 5.92 Å². The van der Waals surface area contributed by atoms with Crippen molar-refractivity contribution in [3.8, 4) is 11.5 Å². The number of aromatic nitrogens is 1. The summed E-state index contributed by atoms with van der Waals surface area (Å²) in [6.45, 7) is 3.19. The number of hydrogen-bond acceptors (Lipinski definition) is 5. The van der Waals surface area contributed by atoms with Crippen LogP contribution in [0.2, 0.25) is 5.02 Å². The van der Waals surface area contributed by atoms with Crippen LogP contribution in [0.3, 0.4) is 0 Å². The highest BCUT2D eigenvalue weighted by atomic mass is 35.5. The van der Waals surface area contributed by atoms with Crippen LogP contribution in [0.4, 0.5) is 0 Å². The van der Waals surface area contributed by atoms with E-state index in [0.29, 0.717) is 24.5 Å². The fraction of sp³-hybridized carbons (Fsp3) is 0.393. The summed E-state index contributed by atoms with van der Waals surface area (Å²) in [6.07, 6.45) is 5.26. The summed E-state index contributed by atoms with van der Waals surface area (Å²) in [5, 5.41) is 11.9. The predicted octanol–water partition coefficient (Wildman–Crippen LogP) is 5.53. The Morgan fingerprint density at radius 1 is 1.12 bits per heavy atom. The normalized spacial score (nSPS) is 19.4. The average Bonchev–Trinajstić information content (AvgIpc) is 3.02. The van der Waals surface area contributed by atoms with Gasteiger partial charge in [0.1, 0.15) is 18.1 Å². The molecule has 0 saturated carbocycles. The Labute approximate surface area is 206 Å². The number of nitrogens with zero attached hydrogens (tertiary/aromatic N) is 2. The monoisotopic (exact) mass is 478 g/mol. The van der Waals surface area contributed by atoms with Crippen molar-refractivity contribution < 1.29 is 14.6 Å². The molecule has 0 radical (unpaired) electrons. The van der Waals surface area contributed by atoms with Gasteiger partial charge >= 0.3 is 0 Å². The van der Waals surface area contributed by atoms with Gasteiger partial charge in [-0.25, -0.2) is 0 Å². The fourth-order valence-electron chi connectivity index (χ4n) is 5.34. The number of pyridine rings is 1. The highest BCUT2D eigenvalue weighted by Gasteiger charge is 2.35. The van der Waals surface area contributed by atoms with E-state index in [9.17, 15) is 5.11 Å². The van der Waals surface area contributed by atoms with Crippen molar-refractivity contribution >= 4 is 11.6 Å². The summed E-state index contributed by atoms with van der Waals surface area (Å²) >= 11 is 6.37. The smallest absolute Gasteiger partial charge is 0.131 e. The third-order valence-corrected chi connectivity index (χ3v) is 7.61. The molecule has 0 aliphatic carbocycles. The average molecular weight is 479 g/mol. The molecule has 2 aliphatic rings. The van der Waals surface area contributed by atoms with Gasteiger partial charge in [0.15, 0.2) is 0 Å². The minimum atomic E-state index is -0.840. The Bertz CT molecular complexity index is 1140. The van der Waals surface area contributed by atoms with Gasteiger partial charge in [-0.1, -0.05) is 35.9 Å². The second-order valence-electron chi connectivity index (χ2n) is 9.28. The van der Waals surface area contributed by atoms with E-state index in [2.05, 4.69) is 22.0 Å². The molecule has 0 spiro atoms. The van der Waals surface area contributed by atoms with Crippen molar-refractivity contribution in [2.75, 3.05) is 26.7 Å². The summed E-state index contributed by atoms with van der Waals surface area (Å²) in [5.74, 6) is 1.96. The van der Waals surface area contributed by atoms with Gasteiger partial charge in [0, 0.05) is 41.4 Å². The number of ether oxygens (including phenoxy) is 2. The summed E-state index contributed by atoms with van der Waals surface area (Å²) in [7, 11) is 1.70. The Morgan fingerprint density at radius 3 is 2.74 bits per heavy atom. The van der Waals surface area contributed by atoms with Crippen LogP contribution in [0.1, 0.15) is 54.0 Å². The van der Waals surface area contributed by atoms with Gasteiger partial charge in [-0.3, -0.25) is 4.98 Å². The van der Waals surface area contributed by atoms with Crippen LogP contribution in [0, 0.1) is 0 Å². The maximum atomic E-state index is 11.2. The van der Waals surface area contributed by atoms with E-state index in [4.69, 9.17) is 21.1 Å². The number of methoxy groups -OCH3 is 1. The number of aliphatic hydroxyl groups is 1. The Hall–Kier alpha value is -2.60. The molecule has 2 aliphatic heterocycles. The molecule has 1 atom stereocenters. The van der Waals surface area contributed by atoms with Gasteiger partial charge < -0.3 is 19.5 Å². The third kappa shape index (κ3) is 4.65. The molecule has 1 unspecified atom stereocenters. The van der Waals surface area contributed by atoms with Crippen molar-refractivity contribution in [1.82, 2.24) is 9.88 Å². The number of piperidine rings is 1. The SMILES string of the molecule is COc1ccc2c(c1)C(CCCN1CCC(O)(c3ccccc3Cl)CC1)c1cccnc1CO2. The molecule has 5 nitrogen and oxygen atoms in total. The van der Waals surface area contributed by atoms with Crippen LogP contribution < -0.4 is 9.47 Å². The molecule has 1 N–H and O–H groups in total. The van der Waals surface area contributed by atoms with Crippen LogP contribution in [0.15, 0.2) is 60.8 Å². The Balaban J connectivity index is 1.27. The number of likely N-dealkylation sites (tertiary alicyclic amines) is 1. The van der Waals surface area contributed by atoms with E-state index in [0.717, 1.165) is 60.8 Å². The lowest BCUT2D eigenvalue weighted by molar-refractivity contribution is -0.0260. The highest BCUT2D eigenvalue weighted by molar-refractivity contribution is 6.31. The van der Waals surface area contributed by atoms with E-state index in [1.165, 1.54) is 5.56 Å². The maximum Gasteiger partial charge on any atom is 0.131 e. The van der Waals surface area contributed by atoms with E-state index < -0.39 is 5.60 Å². The zero-order valence-corrected chi connectivity index (χ0v) is 20.3. The Kier molecular flexibility index (Phi) is 6.77. The largest absolute Gasteiger partial charge is 0.497 e. The predicted molar refractivity (Wildman–Crippen MR) is 134 cm³/mol. The number of rotatable bonds is 6. The topological polar surface area (TPSA) is 54.8 Å². The summed E-state index contributed by atoms with van der Waals surface area (Å²) in [5.41, 5.74) is 3.42. The second kappa shape index (κ2) is 9.95. The van der Waals surface area contributed by atoms with Crippen LogP contribution in [-0.4, -0.2) is 41.7 Å². The molecule has 5 rings (SSSR count). The van der Waals surface area contributed by atoms with Gasteiger partial charge in [0.05, 0.1) is 18.4 Å². The van der Waals surface area contributed by atoms with Gasteiger partial charge in [-0.15, -0.1) is 0 Å². The molecule has 1 aromatic heterocycles. The zero-order chi connectivity index (χ0) is 23.5. The first kappa shape index (κ1) is 23.2. The first-order valence-electron chi connectivity index (χ1n) is 12.0. The van der Waals surface area contributed by atoms with Crippen molar-refractivity contribution in [2.24, 2.45) is 0 Å². The minimum absolute atomic E-state index is 0.209. The number of fused-ring (bicyclic) bond motifs is 2. The number of hydrogen-bond donors (Lipinski definition) is 1. The number of halogens is 1. The molecule has 0 bridgehead atoms. The lowest BCUT2D eigenvalue weighted by Crippen LogP contribution is -2.43. The molecule has 178 valence electrons. The van der Waals surface area contributed by atoms with Gasteiger partial charge in [-0.05, 0) is 68.1 Å². The lowest BCUT2D eigenvalue weighted by Gasteiger charge is -2.39. The molecular weight excluding hydrogens is 448 g/mol. The van der Waals surface area contributed by atoms with Crippen LogP contribution in [0.5, 0.6) is 11.5 Å². The second-order valence-corrected chi connectivity index (χ2v) is 9.69. The standard InChI is InChI=1S/C28H31ClN2O3/c1-33-20-10-11-27-23(18-20)21(22-6-4-14-30-26(22)19-34-27)7-5-15-31-16-12-28(32,13-17-31)24-8-2-3-9-25(24)29/h2-4,6,8-11,14,18,21,32H,5,7,12-13,15-17,19H2,1H3. The minimum Gasteiger partial charge on any atom is -0.497 e. The van der Waals surface area contributed by atoms with E-state index in [1.807, 2.05) is 48.7 Å². The first-order valence-corrected chi connectivity index (χ1v) is 12.4. The quantitative estimate of drug-likeness (QED) is 0.504. The molecule has 0 amide bonds. The van der Waals surface area contributed by atoms with Crippen molar-refractivity contribution in [3.05, 3.63) is 88.2 Å². The van der Waals surface area contributed by atoms with E-state index in [1.54, 1.807) is 7.11 Å². The van der Waals surface area contributed by atoms with Gasteiger partial charge in [-0.2, -0.15) is 0 Å². The van der Waals surface area contributed by atoms with E-state index >= 15 is 0 Å². The molecule has 1 saturated heterocycles. The maximum absolute atomic E-state index is 11.2. The molecule has 6 heteroatoms. The first-order chi connectivity index (χ1) is 16.6. The summed E-state index contributed by atoms with van der Waals surface area (Å²) in [4.78, 5) is 7.05. The Morgan fingerprint density at radius 2 is 1.94 bits per heavy atom. The molecule has 34 heavy (non-hydrogen) atoms. The highest BCUT2D eigenvalue weighted by Crippen LogP contribution is 2.41. The van der Waals surface area contributed by atoms with Crippen LogP contribution in [0.25, 0.3) is 0 Å². The van der Waals surface area contributed by atoms with Crippen molar-refractivity contribution in [2.45, 2.75) is 43.8 Å².